The molecule has 0 heterocycles. The third-order valence-electron chi connectivity index (χ3n) is 3.62. The second kappa shape index (κ2) is 7.24. The summed E-state index contributed by atoms with van der Waals surface area (Å²) in [6.45, 7) is 7.69. The molecular weight excluding hydrogens is 333 g/mol. The first-order valence-electron chi connectivity index (χ1n) is 7.28. The molecule has 122 valence electrons. The number of benzene rings is 2. The van der Waals surface area contributed by atoms with E-state index in [2.05, 4.69) is 11.4 Å². The van der Waals surface area contributed by atoms with Gasteiger partial charge in [0.1, 0.15) is 5.75 Å². The van der Waals surface area contributed by atoms with Crippen LogP contribution in [-0.2, 0) is 4.79 Å². The van der Waals surface area contributed by atoms with Crippen molar-refractivity contribution in [2.45, 2.75) is 33.8 Å². The van der Waals surface area contributed by atoms with Crippen molar-refractivity contribution in [3.05, 3.63) is 57.1 Å². The lowest BCUT2D eigenvalue weighted by Gasteiger charge is -2.18. The summed E-state index contributed by atoms with van der Waals surface area (Å²) in [6.07, 6.45) is -0.662. The third kappa shape index (κ3) is 4.40. The van der Waals surface area contributed by atoms with Gasteiger partial charge >= 0.3 is 0 Å². The van der Waals surface area contributed by atoms with E-state index in [0.717, 1.165) is 16.7 Å². The Kier molecular flexibility index (Phi) is 5.55. The highest BCUT2D eigenvalue weighted by molar-refractivity contribution is 6.35. The molecule has 1 amide bonds. The minimum absolute atomic E-state index is 0.285. The van der Waals surface area contributed by atoms with Crippen LogP contribution in [0.5, 0.6) is 5.75 Å². The van der Waals surface area contributed by atoms with Crippen molar-refractivity contribution in [3.63, 3.8) is 0 Å². The topological polar surface area (TPSA) is 38.3 Å². The van der Waals surface area contributed by atoms with Gasteiger partial charge in [-0.15, -0.1) is 0 Å². The molecule has 1 atom stereocenters. The summed E-state index contributed by atoms with van der Waals surface area (Å²) < 4.78 is 5.82. The number of nitrogens with one attached hydrogen (secondary N) is 1. The molecule has 0 saturated carbocycles. The van der Waals surface area contributed by atoms with Crippen molar-refractivity contribution >= 4 is 34.8 Å². The van der Waals surface area contributed by atoms with Gasteiger partial charge in [-0.3, -0.25) is 4.79 Å². The van der Waals surface area contributed by atoms with E-state index in [-0.39, 0.29) is 5.91 Å². The fraction of sp³-hybridized carbons (Fsp3) is 0.278. The number of aryl methyl sites for hydroxylation is 2. The summed E-state index contributed by atoms with van der Waals surface area (Å²) >= 11 is 12.0. The first-order valence-corrected chi connectivity index (χ1v) is 8.04. The monoisotopic (exact) mass is 351 g/mol. The lowest BCUT2D eigenvalue weighted by atomic mass is 10.1. The molecule has 0 radical (unpaired) electrons. The van der Waals surface area contributed by atoms with Crippen LogP contribution in [0.15, 0.2) is 30.3 Å². The van der Waals surface area contributed by atoms with Gasteiger partial charge in [0.25, 0.3) is 5.91 Å². The van der Waals surface area contributed by atoms with Crippen molar-refractivity contribution in [2.24, 2.45) is 0 Å². The van der Waals surface area contributed by atoms with Gasteiger partial charge in [0.05, 0.1) is 10.7 Å². The van der Waals surface area contributed by atoms with E-state index >= 15 is 0 Å². The van der Waals surface area contributed by atoms with Crippen LogP contribution < -0.4 is 10.1 Å². The SMILES string of the molecule is Cc1cc(C)c(C)c(O[C@H](C)C(=O)Nc2cc(Cl)ccc2Cl)c1. The molecule has 0 aromatic heterocycles. The van der Waals surface area contributed by atoms with E-state index in [4.69, 9.17) is 27.9 Å². The standard InChI is InChI=1S/C18H19Cl2NO2/c1-10-7-11(2)12(3)17(8-10)23-13(4)18(22)21-16-9-14(19)5-6-15(16)20/h5-9,13H,1-4H3,(H,21,22)/t13-/m1/s1. The summed E-state index contributed by atoms with van der Waals surface area (Å²) in [5.74, 6) is 0.426. The summed E-state index contributed by atoms with van der Waals surface area (Å²) in [7, 11) is 0. The van der Waals surface area contributed by atoms with Crippen molar-refractivity contribution < 1.29 is 9.53 Å². The minimum Gasteiger partial charge on any atom is -0.481 e. The van der Waals surface area contributed by atoms with E-state index in [0.29, 0.717) is 21.5 Å². The van der Waals surface area contributed by atoms with E-state index in [9.17, 15) is 4.79 Å². The number of carbonyl (C=O) groups is 1. The van der Waals surface area contributed by atoms with Crippen LogP contribution in [0.2, 0.25) is 10.0 Å². The van der Waals surface area contributed by atoms with Crippen LogP contribution in [0.1, 0.15) is 23.6 Å². The third-order valence-corrected chi connectivity index (χ3v) is 4.19. The minimum atomic E-state index is -0.662. The molecule has 5 heteroatoms. The average Bonchev–Trinajstić information content (AvgIpc) is 2.47. The zero-order valence-corrected chi connectivity index (χ0v) is 15.0. The molecule has 2 aromatic rings. The molecule has 0 saturated heterocycles. The molecule has 2 rings (SSSR count). The quantitative estimate of drug-likeness (QED) is 0.808. The Hall–Kier alpha value is -1.71. The molecule has 0 aliphatic rings. The van der Waals surface area contributed by atoms with E-state index in [1.807, 2.05) is 26.8 Å². The molecule has 3 nitrogen and oxygen atoms in total. The summed E-state index contributed by atoms with van der Waals surface area (Å²) in [4.78, 5) is 12.3. The molecule has 0 bridgehead atoms. The number of ether oxygens (including phenoxy) is 1. The van der Waals surface area contributed by atoms with Crippen LogP contribution in [-0.4, -0.2) is 12.0 Å². The van der Waals surface area contributed by atoms with Crippen LogP contribution in [0, 0.1) is 20.8 Å². The van der Waals surface area contributed by atoms with Crippen LogP contribution in [0.3, 0.4) is 0 Å². The lowest BCUT2D eigenvalue weighted by molar-refractivity contribution is -0.122. The van der Waals surface area contributed by atoms with Crippen molar-refractivity contribution in [3.8, 4) is 5.75 Å². The summed E-state index contributed by atoms with van der Waals surface area (Å²) in [5, 5.41) is 3.67. The Morgan fingerprint density at radius 2 is 1.83 bits per heavy atom. The van der Waals surface area contributed by atoms with E-state index in [1.54, 1.807) is 25.1 Å². The number of amides is 1. The fourth-order valence-electron chi connectivity index (χ4n) is 2.19. The highest BCUT2D eigenvalue weighted by Gasteiger charge is 2.18. The number of anilines is 1. The van der Waals surface area contributed by atoms with Gasteiger partial charge in [0.2, 0.25) is 0 Å². The molecule has 1 N–H and O–H groups in total. The Balaban J connectivity index is 2.13. The second-order valence-corrected chi connectivity index (χ2v) is 6.42. The van der Waals surface area contributed by atoms with Gasteiger partial charge in [0.15, 0.2) is 6.10 Å². The number of rotatable bonds is 4. The van der Waals surface area contributed by atoms with Gasteiger partial charge in [-0.05, 0) is 68.7 Å². The van der Waals surface area contributed by atoms with Crippen LogP contribution in [0.4, 0.5) is 5.69 Å². The van der Waals surface area contributed by atoms with Crippen molar-refractivity contribution in [1.29, 1.82) is 0 Å². The van der Waals surface area contributed by atoms with Gasteiger partial charge in [0, 0.05) is 5.02 Å². The number of hydrogen-bond acceptors (Lipinski definition) is 2. The first-order chi connectivity index (χ1) is 10.8. The van der Waals surface area contributed by atoms with E-state index < -0.39 is 6.10 Å². The van der Waals surface area contributed by atoms with Crippen LogP contribution >= 0.6 is 23.2 Å². The molecular formula is C18H19Cl2NO2. The zero-order valence-electron chi connectivity index (χ0n) is 13.5. The number of hydrogen-bond donors (Lipinski definition) is 1. The molecule has 0 unspecified atom stereocenters. The summed E-state index contributed by atoms with van der Waals surface area (Å²) in [6, 6.07) is 8.92. The Bertz CT molecular complexity index is 744. The molecule has 0 spiro atoms. The maximum Gasteiger partial charge on any atom is 0.265 e. The average molecular weight is 352 g/mol. The van der Waals surface area contributed by atoms with Crippen molar-refractivity contribution in [1.82, 2.24) is 0 Å². The maximum absolute atomic E-state index is 12.3. The highest BCUT2D eigenvalue weighted by atomic mass is 35.5. The molecule has 0 fully saturated rings. The Morgan fingerprint density at radius 3 is 2.52 bits per heavy atom. The smallest absolute Gasteiger partial charge is 0.265 e. The normalized spacial score (nSPS) is 11.9. The first kappa shape index (κ1) is 17.6. The van der Waals surface area contributed by atoms with E-state index in [1.165, 1.54) is 0 Å². The predicted octanol–water partition coefficient (Wildman–Crippen LogP) is 5.32. The van der Waals surface area contributed by atoms with Crippen molar-refractivity contribution in [2.75, 3.05) is 5.32 Å². The molecule has 0 aliphatic carbocycles. The predicted molar refractivity (Wildman–Crippen MR) is 95.8 cm³/mol. The van der Waals surface area contributed by atoms with Crippen LogP contribution in [0.25, 0.3) is 0 Å². The van der Waals surface area contributed by atoms with Gasteiger partial charge in [-0.1, -0.05) is 29.3 Å². The lowest BCUT2D eigenvalue weighted by Crippen LogP contribution is -2.30. The molecule has 23 heavy (non-hydrogen) atoms. The zero-order chi connectivity index (χ0) is 17.1. The molecule has 0 aliphatic heterocycles. The number of carbonyl (C=O) groups excluding carboxylic acids is 1. The van der Waals surface area contributed by atoms with Gasteiger partial charge in [-0.2, -0.15) is 0 Å². The largest absolute Gasteiger partial charge is 0.481 e. The van der Waals surface area contributed by atoms with Gasteiger partial charge < -0.3 is 10.1 Å². The van der Waals surface area contributed by atoms with Gasteiger partial charge in [-0.25, -0.2) is 0 Å². The Labute approximate surface area is 146 Å². The second-order valence-electron chi connectivity index (χ2n) is 5.58. The number of halogens is 2. The maximum atomic E-state index is 12.3. The fourth-order valence-corrected chi connectivity index (χ4v) is 2.53. The Morgan fingerprint density at radius 1 is 1.13 bits per heavy atom. The summed E-state index contributed by atoms with van der Waals surface area (Å²) in [5.41, 5.74) is 3.71. The highest BCUT2D eigenvalue weighted by Crippen LogP contribution is 2.27. The molecule has 2 aromatic carbocycles.